The van der Waals surface area contributed by atoms with E-state index in [1.54, 1.807) is 6.92 Å². The molecule has 1 aromatic carbocycles. The van der Waals surface area contributed by atoms with Crippen LogP contribution in [0.2, 0.25) is 0 Å². The van der Waals surface area contributed by atoms with Crippen LogP contribution in [-0.2, 0) is 6.18 Å². The lowest BCUT2D eigenvalue weighted by molar-refractivity contribution is -0.137. The van der Waals surface area contributed by atoms with Gasteiger partial charge in [-0.25, -0.2) is 8.78 Å². The van der Waals surface area contributed by atoms with Crippen molar-refractivity contribution in [2.24, 2.45) is 5.73 Å². The first kappa shape index (κ1) is 23.9. The summed E-state index contributed by atoms with van der Waals surface area (Å²) in [6, 6.07) is 6.00. The van der Waals surface area contributed by atoms with E-state index in [1.165, 1.54) is 29.3 Å². The molecule has 1 atom stereocenters. The number of nitrogens with two attached hydrogens (primary N) is 1. The minimum absolute atomic E-state index is 0.0340. The van der Waals surface area contributed by atoms with E-state index in [4.69, 9.17) is 10.5 Å². The summed E-state index contributed by atoms with van der Waals surface area (Å²) in [5, 5.41) is 0. The second-order valence-electron chi connectivity index (χ2n) is 7.94. The Labute approximate surface area is 182 Å². The number of alkyl halides is 5. The van der Waals surface area contributed by atoms with Gasteiger partial charge in [-0.3, -0.25) is 9.78 Å². The highest BCUT2D eigenvalue weighted by molar-refractivity contribution is 5.94. The third-order valence-corrected chi connectivity index (χ3v) is 5.16. The fourth-order valence-corrected chi connectivity index (χ4v) is 3.27. The van der Waals surface area contributed by atoms with E-state index in [9.17, 15) is 26.7 Å². The number of rotatable bonds is 6. The van der Waals surface area contributed by atoms with Gasteiger partial charge in [0.1, 0.15) is 5.75 Å². The average Bonchev–Trinajstić information content (AvgIpc) is 2.72. The molecular weight excluding hydrogens is 433 g/mol. The van der Waals surface area contributed by atoms with Gasteiger partial charge in [0, 0.05) is 43.7 Å². The fraction of sp³-hybridized carbons (Fsp3) is 0.455. The van der Waals surface area contributed by atoms with Crippen molar-refractivity contribution < 1.29 is 31.5 Å². The Bertz CT molecular complexity index is 936. The molecule has 10 heteroatoms. The van der Waals surface area contributed by atoms with E-state index in [2.05, 4.69) is 4.98 Å². The van der Waals surface area contributed by atoms with Crippen molar-refractivity contribution in [3.8, 4) is 17.0 Å². The summed E-state index contributed by atoms with van der Waals surface area (Å²) in [6.45, 7) is 1.80. The minimum Gasteiger partial charge on any atom is -0.493 e. The molecule has 0 radical (unpaired) electrons. The van der Waals surface area contributed by atoms with Crippen LogP contribution in [0.1, 0.15) is 42.1 Å². The molecule has 0 aliphatic carbocycles. The van der Waals surface area contributed by atoms with Gasteiger partial charge in [-0.15, -0.1) is 0 Å². The number of pyridine rings is 1. The lowest BCUT2D eigenvalue weighted by Crippen LogP contribution is -2.42. The van der Waals surface area contributed by atoms with Gasteiger partial charge in [-0.1, -0.05) is 0 Å². The fourth-order valence-electron chi connectivity index (χ4n) is 3.27. The van der Waals surface area contributed by atoms with Crippen LogP contribution in [0.5, 0.6) is 5.75 Å². The van der Waals surface area contributed by atoms with Crippen LogP contribution in [-0.4, -0.2) is 47.5 Å². The molecule has 0 saturated carbocycles. The van der Waals surface area contributed by atoms with Crippen LogP contribution in [0.3, 0.4) is 0 Å². The number of aromatic nitrogens is 1. The van der Waals surface area contributed by atoms with Gasteiger partial charge in [0.15, 0.2) is 0 Å². The smallest absolute Gasteiger partial charge is 0.416 e. The first-order valence-electron chi connectivity index (χ1n) is 10.2. The van der Waals surface area contributed by atoms with E-state index in [0.29, 0.717) is 6.42 Å². The standard InChI is InChI=1S/C22H24F5N3O2/c1-14(28)4-9-32-18-11-16(10-17(12-18)22(25,26)27)19-3-2-15(13-29-19)20(31)30-7-5-21(23,24)6-8-30/h2-3,10-14H,4-9,28H2,1H3. The van der Waals surface area contributed by atoms with Gasteiger partial charge in [-0.2, -0.15) is 13.2 Å². The third-order valence-electron chi connectivity index (χ3n) is 5.16. The molecule has 0 spiro atoms. The highest BCUT2D eigenvalue weighted by atomic mass is 19.4. The lowest BCUT2D eigenvalue weighted by Gasteiger charge is -2.31. The molecule has 1 amide bonds. The number of halogens is 5. The number of hydrogen-bond acceptors (Lipinski definition) is 4. The van der Waals surface area contributed by atoms with Crippen LogP contribution >= 0.6 is 0 Å². The number of carbonyl (C=O) groups excluding carboxylic acids is 1. The summed E-state index contributed by atoms with van der Waals surface area (Å²) in [5.74, 6) is -3.18. The van der Waals surface area contributed by atoms with E-state index in [1.807, 2.05) is 0 Å². The lowest BCUT2D eigenvalue weighted by atomic mass is 10.0. The molecule has 1 aromatic heterocycles. The van der Waals surface area contributed by atoms with Gasteiger partial charge in [-0.05, 0) is 43.7 Å². The number of likely N-dealkylation sites (tertiary alicyclic amines) is 1. The number of benzene rings is 1. The van der Waals surface area contributed by atoms with Crippen molar-refractivity contribution in [1.29, 1.82) is 0 Å². The third kappa shape index (κ3) is 6.15. The van der Waals surface area contributed by atoms with Crippen LogP contribution < -0.4 is 10.5 Å². The molecular formula is C22H24F5N3O2. The number of ether oxygens (including phenoxy) is 1. The zero-order valence-corrected chi connectivity index (χ0v) is 17.5. The molecule has 0 bridgehead atoms. The number of nitrogens with zero attached hydrogens (tertiary/aromatic N) is 2. The zero-order valence-electron chi connectivity index (χ0n) is 17.5. The highest BCUT2D eigenvalue weighted by Crippen LogP contribution is 2.35. The Kier molecular flexibility index (Phi) is 7.02. The van der Waals surface area contributed by atoms with Crippen LogP contribution in [0.25, 0.3) is 11.3 Å². The summed E-state index contributed by atoms with van der Waals surface area (Å²) in [7, 11) is 0. The van der Waals surface area contributed by atoms with E-state index in [-0.39, 0.29) is 48.3 Å². The first-order chi connectivity index (χ1) is 14.9. The molecule has 2 heterocycles. The highest BCUT2D eigenvalue weighted by Gasteiger charge is 2.36. The van der Waals surface area contributed by atoms with Crippen LogP contribution in [0, 0.1) is 0 Å². The Morgan fingerprint density at radius 2 is 1.91 bits per heavy atom. The second-order valence-corrected chi connectivity index (χ2v) is 7.94. The topological polar surface area (TPSA) is 68.5 Å². The van der Waals surface area contributed by atoms with Gasteiger partial charge in [0.2, 0.25) is 0 Å². The van der Waals surface area contributed by atoms with Crippen molar-refractivity contribution in [3.05, 3.63) is 47.7 Å². The monoisotopic (exact) mass is 457 g/mol. The maximum absolute atomic E-state index is 13.3. The molecule has 32 heavy (non-hydrogen) atoms. The maximum atomic E-state index is 13.3. The van der Waals surface area contributed by atoms with Gasteiger partial charge >= 0.3 is 6.18 Å². The Morgan fingerprint density at radius 1 is 1.22 bits per heavy atom. The zero-order chi connectivity index (χ0) is 23.5. The Hall–Kier alpha value is -2.75. The summed E-state index contributed by atoms with van der Waals surface area (Å²) < 4.78 is 72.1. The van der Waals surface area contributed by atoms with Gasteiger partial charge in [0.05, 0.1) is 23.4 Å². The number of piperidine rings is 1. The predicted molar refractivity (Wildman–Crippen MR) is 109 cm³/mol. The molecule has 1 aliphatic heterocycles. The first-order valence-corrected chi connectivity index (χ1v) is 10.2. The molecule has 1 unspecified atom stereocenters. The minimum atomic E-state index is -4.58. The number of amides is 1. The van der Waals surface area contributed by atoms with E-state index >= 15 is 0 Å². The van der Waals surface area contributed by atoms with Gasteiger partial charge < -0.3 is 15.4 Å². The second kappa shape index (κ2) is 9.40. The quantitative estimate of drug-likeness (QED) is 0.636. The van der Waals surface area contributed by atoms with Crippen molar-refractivity contribution >= 4 is 5.91 Å². The summed E-state index contributed by atoms with van der Waals surface area (Å²) in [4.78, 5) is 18.0. The largest absolute Gasteiger partial charge is 0.493 e. The average molecular weight is 457 g/mol. The number of hydrogen-bond donors (Lipinski definition) is 1. The molecule has 5 nitrogen and oxygen atoms in total. The molecule has 174 valence electrons. The summed E-state index contributed by atoms with van der Waals surface area (Å²) in [6.07, 6.45) is -3.67. The van der Waals surface area contributed by atoms with Gasteiger partial charge in [0.25, 0.3) is 11.8 Å². The molecule has 2 aromatic rings. The maximum Gasteiger partial charge on any atom is 0.416 e. The number of carbonyl (C=O) groups is 1. The molecule has 3 rings (SSSR count). The predicted octanol–water partition coefficient (Wildman–Crippen LogP) is 4.75. The van der Waals surface area contributed by atoms with Crippen molar-refractivity contribution in [2.45, 2.75) is 44.3 Å². The van der Waals surface area contributed by atoms with Crippen molar-refractivity contribution in [1.82, 2.24) is 9.88 Å². The van der Waals surface area contributed by atoms with E-state index < -0.39 is 36.4 Å². The summed E-state index contributed by atoms with van der Waals surface area (Å²) >= 11 is 0. The normalized spacial score (nSPS) is 17.2. The molecule has 1 aliphatic rings. The van der Waals surface area contributed by atoms with Crippen molar-refractivity contribution in [2.75, 3.05) is 19.7 Å². The molecule has 2 N–H and O–H groups in total. The van der Waals surface area contributed by atoms with Crippen molar-refractivity contribution in [3.63, 3.8) is 0 Å². The molecule has 1 saturated heterocycles. The molecule has 1 fully saturated rings. The Balaban J connectivity index is 1.80. The van der Waals surface area contributed by atoms with E-state index in [0.717, 1.165) is 12.1 Å². The van der Waals surface area contributed by atoms with Crippen LogP contribution in [0.4, 0.5) is 22.0 Å². The summed E-state index contributed by atoms with van der Waals surface area (Å²) in [5.41, 5.74) is 5.33. The Morgan fingerprint density at radius 3 is 2.47 bits per heavy atom. The SMILES string of the molecule is CC(N)CCOc1cc(-c2ccc(C(=O)N3CCC(F)(F)CC3)cn2)cc(C(F)(F)F)c1. The van der Waals surface area contributed by atoms with Crippen LogP contribution in [0.15, 0.2) is 36.5 Å².